The number of urea groups is 2. The smallest absolute Gasteiger partial charge is 0.322 e. The third-order valence-corrected chi connectivity index (χ3v) is 15.7. The van der Waals surface area contributed by atoms with Crippen LogP contribution in [0, 0.1) is 59.2 Å². The molecule has 0 heterocycles. The van der Waals surface area contributed by atoms with Gasteiger partial charge in [0.2, 0.25) is 0 Å². The van der Waals surface area contributed by atoms with Crippen molar-refractivity contribution < 1.29 is 9.59 Å². The van der Waals surface area contributed by atoms with E-state index in [4.69, 9.17) is 0 Å². The predicted molar refractivity (Wildman–Crippen MR) is 220 cm³/mol. The van der Waals surface area contributed by atoms with Gasteiger partial charge in [-0.15, -0.1) is 0 Å². The van der Waals surface area contributed by atoms with Crippen LogP contribution in [-0.4, -0.2) is 75.2 Å². The zero-order valence-electron chi connectivity index (χ0n) is 33.5. The molecule has 0 unspecified atom stereocenters. The molecule has 8 bridgehead atoms. The van der Waals surface area contributed by atoms with E-state index in [2.05, 4.69) is 107 Å². The van der Waals surface area contributed by atoms with E-state index in [0.29, 0.717) is 47.6 Å². The molecule has 9 aliphatic carbocycles. The summed E-state index contributed by atoms with van der Waals surface area (Å²) in [6.07, 6.45) is 17.9. The van der Waals surface area contributed by atoms with E-state index < -0.39 is 0 Å². The number of hydrogen-bond acceptors (Lipinski definition) is 4. The maximum Gasteiger partial charge on any atom is 0.322 e. The SMILES string of the molecule is CN(C)c1ccc(NC(=O)N(C[C@H]2CC[C@@H](CN(C(=O)Nc3ccc(N(C)C)cc3)C3C4CC5CC(C4)CC3C5)CC2)C2C3CC4CC(C3)CC2C4)cc1. The van der Waals surface area contributed by atoms with Crippen LogP contribution in [0.25, 0.3) is 0 Å². The number of carbonyl (C=O) groups is 2. The third-order valence-electron chi connectivity index (χ3n) is 15.7. The predicted octanol–water partition coefficient (Wildman–Crippen LogP) is 9.64. The zero-order valence-corrected chi connectivity index (χ0v) is 33.5. The van der Waals surface area contributed by atoms with Gasteiger partial charge in [0, 0.05) is 76.1 Å². The molecule has 0 radical (unpaired) electrons. The van der Waals surface area contributed by atoms with Gasteiger partial charge in [-0.1, -0.05) is 0 Å². The lowest BCUT2D eigenvalue weighted by Crippen LogP contribution is -2.59. The van der Waals surface area contributed by atoms with E-state index in [-0.39, 0.29) is 12.1 Å². The molecule has 8 nitrogen and oxygen atoms in total. The fourth-order valence-corrected chi connectivity index (χ4v) is 13.7. The largest absolute Gasteiger partial charge is 0.378 e. The van der Waals surface area contributed by atoms with Gasteiger partial charge in [-0.3, -0.25) is 0 Å². The van der Waals surface area contributed by atoms with E-state index in [0.717, 1.165) is 85.2 Å². The van der Waals surface area contributed by atoms with Crippen LogP contribution in [-0.2, 0) is 0 Å². The molecule has 0 aromatic heterocycles. The Balaban J connectivity index is 0.884. The highest BCUT2D eigenvalue weighted by atomic mass is 16.2. The van der Waals surface area contributed by atoms with Crippen molar-refractivity contribution in [2.45, 2.75) is 102 Å². The summed E-state index contributed by atoms with van der Waals surface area (Å²) in [4.78, 5) is 37.6. The summed E-state index contributed by atoms with van der Waals surface area (Å²) >= 11 is 0. The Bertz CT molecular complexity index is 1450. The van der Waals surface area contributed by atoms with E-state index >= 15 is 0 Å². The molecule has 0 atom stereocenters. The van der Waals surface area contributed by atoms with Crippen LogP contribution in [0.2, 0.25) is 0 Å². The fourth-order valence-electron chi connectivity index (χ4n) is 13.7. The molecule has 54 heavy (non-hydrogen) atoms. The minimum atomic E-state index is 0.107. The second kappa shape index (κ2) is 14.9. The normalized spacial score (nSPS) is 35.8. The van der Waals surface area contributed by atoms with Crippen molar-refractivity contribution in [2.75, 3.05) is 61.7 Å². The number of anilines is 4. The quantitative estimate of drug-likeness (QED) is 0.255. The van der Waals surface area contributed by atoms with Gasteiger partial charge in [-0.25, -0.2) is 9.59 Å². The van der Waals surface area contributed by atoms with Crippen molar-refractivity contribution in [2.24, 2.45) is 59.2 Å². The second-order valence-corrected chi connectivity index (χ2v) is 19.8. The zero-order chi connectivity index (χ0) is 37.1. The summed E-state index contributed by atoms with van der Waals surface area (Å²) in [5.41, 5.74) is 4.06. The van der Waals surface area contributed by atoms with E-state index in [1.807, 2.05) is 0 Å². The molecule has 292 valence electrons. The van der Waals surface area contributed by atoms with Crippen LogP contribution in [0.4, 0.5) is 32.3 Å². The fraction of sp³-hybridized carbons (Fsp3) is 0.696. The minimum absolute atomic E-state index is 0.107. The first-order chi connectivity index (χ1) is 26.1. The molecule has 4 amide bonds. The number of nitrogens with one attached hydrogen (secondary N) is 2. The van der Waals surface area contributed by atoms with Crippen LogP contribution in [0.15, 0.2) is 48.5 Å². The highest BCUT2D eigenvalue weighted by molar-refractivity contribution is 5.90. The lowest BCUT2D eigenvalue weighted by molar-refractivity contribution is -0.0574. The van der Waals surface area contributed by atoms with Crippen molar-refractivity contribution >= 4 is 34.8 Å². The Morgan fingerprint density at radius 3 is 1.06 bits per heavy atom. The Morgan fingerprint density at radius 1 is 0.481 bits per heavy atom. The minimum Gasteiger partial charge on any atom is -0.378 e. The third kappa shape index (κ3) is 7.32. The van der Waals surface area contributed by atoms with Gasteiger partial charge in [0.05, 0.1) is 0 Å². The molecule has 9 aliphatic rings. The second-order valence-electron chi connectivity index (χ2n) is 19.8. The highest BCUT2D eigenvalue weighted by Gasteiger charge is 2.53. The van der Waals surface area contributed by atoms with Crippen LogP contribution in [0.1, 0.15) is 89.9 Å². The molecule has 2 aromatic carbocycles. The van der Waals surface area contributed by atoms with Gasteiger partial charge in [-0.05, 0) is 198 Å². The highest BCUT2D eigenvalue weighted by Crippen LogP contribution is 2.57. The maximum absolute atomic E-state index is 14.4. The van der Waals surface area contributed by atoms with Gasteiger partial charge in [0.25, 0.3) is 0 Å². The Kier molecular flexibility index (Phi) is 10.0. The van der Waals surface area contributed by atoms with Gasteiger partial charge < -0.3 is 30.2 Å². The molecular weight excluding hydrogens is 669 g/mol. The first-order valence-electron chi connectivity index (χ1n) is 21.8. The molecule has 0 spiro atoms. The molecule has 0 aliphatic heterocycles. The molecule has 0 saturated heterocycles. The number of hydrogen-bond donors (Lipinski definition) is 2. The lowest BCUT2D eigenvalue weighted by Gasteiger charge is -2.57. The van der Waals surface area contributed by atoms with E-state index in [9.17, 15) is 9.59 Å². The van der Waals surface area contributed by atoms with Gasteiger partial charge in [-0.2, -0.15) is 0 Å². The number of nitrogens with zero attached hydrogens (tertiary/aromatic N) is 4. The average Bonchev–Trinajstić information content (AvgIpc) is 3.14. The molecule has 8 heteroatoms. The number of rotatable bonds is 10. The number of benzene rings is 2. The van der Waals surface area contributed by atoms with Crippen molar-refractivity contribution in [1.82, 2.24) is 9.80 Å². The molecule has 2 aromatic rings. The average molecular weight is 735 g/mol. The Hall–Kier alpha value is -3.42. The molecule has 2 N–H and O–H groups in total. The number of amides is 4. The first kappa shape index (κ1) is 36.2. The van der Waals surface area contributed by atoms with Crippen molar-refractivity contribution in [1.29, 1.82) is 0 Å². The van der Waals surface area contributed by atoms with Crippen molar-refractivity contribution in [3.05, 3.63) is 48.5 Å². The topological polar surface area (TPSA) is 71.2 Å². The summed E-state index contributed by atoms with van der Waals surface area (Å²) in [5.74, 6) is 7.20. The van der Waals surface area contributed by atoms with Crippen LogP contribution in [0.3, 0.4) is 0 Å². The van der Waals surface area contributed by atoms with Crippen LogP contribution >= 0.6 is 0 Å². The molecule has 9 fully saturated rings. The standard InChI is InChI=1S/C46H66N6O2/c1-49(2)41-13-9-39(10-14-41)47-45(53)51(43-35-19-31-17-32(21-35)22-36(43)20-31)27-29-5-7-30(8-6-29)28-52(44-37-23-33-18-34(25-37)26-38(44)24-33)46(54)48-40-11-15-42(16-12-40)50(3)4/h9-16,29-38,43-44H,5-8,17-28H2,1-4H3,(H,47,53)(H,48,54)/t29-,30+,31?,32?,33?,34?,35?,36?,37?,38?,43?,44?. The van der Waals surface area contributed by atoms with Gasteiger partial charge in [0.1, 0.15) is 0 Å². The lowest BCUT2D eigenvalue weighted by atomic mass is 9.53. The Labute approximate surface area is 324 Å². The summed E-state index contributed by atoms with van der Waals surface area (Å²) in [7, 11) is 8.21. The number of carbonyl (C=O) groups excluding carboxylic acids is 2. The molecule has 9 saturated carbocycles. The maximum atomic E-state index is 14.4. The summed E-state index contributed by atoms with van der Waals surface area (Å²) in [6.45, 7) is 1.73. The summed E-state index contributed by atoms with van der Waals surface area (Å²) in [5, 5.41) is 6.72. The Morgan fingerprint density at radius 2 is 0.778 bits per heavy atom. The summed E-state index contributed by atoms with van der Waals surface area (Å²) in [6, 6.07) is 17.6. The molecular formula is C46H66N6O2. The molecule has 11 rings (SSSR count). The van der Waals surface area contributed by atoms with E-state index in [1.54, 1.807) is 0 Å². The monoisotopic (exact) mass is 735 g/mol. The van der Waals surface area contributed by atoms with Crippen LogP contribution < -0.4 is 20.4 Å². The van der Waals surface area contributed by atoms with Gasteiger partial charge in [0.15, 0.2) is 0 Å². The summed E-state index contributed by atoms with van der Waals surface area (Å²) < 4.78 is 0. The first-order valence-corrected chi connectivity index (χ1v) is 21.8. The van der Waals surface area contributed by atoms with Crippen molar-refractivity contribution in [3.63, 3.8) is 0 Å². The van der Waals surface area contributed by atoms with E-state index in [1.165, 1.54) is 64.2 Å². The van der Waals surface area contributed by atoms with Gasteiger partial charge >= 0.3 is 12.1 Å². The van der Waals surface area contributed by atoms with Crippen molar-refractivity contribution in [3.8, 4) is 0 Å². The van der Waals surface area contributed by atoms with Crippen LogP contribution in [0.5, 0.6) is 0 Å².